The highest BCUT2D eigenvalue weighted by Gasteiger charge is 2.17. The van der Waals surface area contributed by atoms with Gasteiger partial charge in [-0.3, -0.25) is 9.69 Å². The van der Waals surface area contributed by atoms with E-state index in [1.165, 1.54) is 11.1 Å². The van der Waals surface area contributed by atoms with Gasteiger partial charge in [-0.2, -0.15) is 5.10 Å². The number of rotatable bonds is 6. The molecule has 1 aromatic heterocycles. The van der Waals surface area contributed by atoms with Crippen LogP contribution in [0.15, 0.2) is 60.9 Å². The molecule has 0 saturated carbocycles. The van der Waals surface area contributed by atoms with Crippen LogP contribution in [0.2, 0.25) is 0 Å². The lowest BCUT2D eigenvalue weighted by Crippen LogP contribution is -2.36. The van der Waals surface area contributed by atoms with Gasteiger partial charge < -0.3 is 10.1 Å². The largest absolute Gasteiger partial charge is 0.495 e. The summed E-state index contributed by atoms with van der Waals surface area (Å²) in [6.07, 6.45) is 7.07. The second-order valence-corrected chi connectivity index (χ2v) is 7.98. The van der Waals surface area contributed by atoms with Gasteiger partial charge in [-0.25, -0.2) is 4.68 Å². The van der Waals surface area contributed by atoms with Gasteiger partial charge in [-0.05, 0) is 55.7 Å². The fraction of sp³-hybridized carbons (Fsp3) is 0.280. The van der Waals surface area contributed by atoms with Gasteiger partial charge in [0.1, 0.15) is 5.75 Å². The molecule has 3 aromatic rings. The van der Waals surface area contributed by atoms with E-state index < -0.39 is 0 Å². The number of nitrogens with one attached hydrogen (secondary N) is 1. The lowest BCUT2D eigenvalue weighted by Gasteiger charge is -2.25. The summed E-state index contributed by atoms with van der Waals surface area (Å²) in [5.41, 5.74) is 6.48. The van der Waals surface area contributed by atoms with Crippen LogP contribution in [0, 0.1) is 13.8 Å². The predicted octanol–water partition coefficient (Wildman–Crippen LogP) is 4.23. The van der Waals surface area contributed by atoms with Crippen molar-refractivity contribution in [2.24, 2.45) is 0 Å². The highest BCUT2D eigenvalue weighted by atomic mass is 16.5. The Morgan fingerprint density at radius 2 is 1.90 bits per heavy atom. The third-order valence-electron chi connectivity index (χ3n) is 5.54. The van der Waals surface area contributed by atoms with Crippen LogP contribution in [-0.4, -0.2) is 47.3 Å². The van der Waals surface area contributed by atoms with Crippen LogP contribution in [0.1, 0.15) is 23.1 Å². The molecule has 2 aromatic carbocycles. The van der Waals surface area contributed by atoms with Crippen LogP contribution in [0.25, 0.3) is 11.3 Å². The molecule has 0 bridgehead atoms. The Kier molecular flexibility index (Phi) is 6.18. The van der Waals surface area contributed by atoms with Crippen molar-refractivity contribution in [3.05, 3.63) is 77.6 Å². The average Bonchev–Trinajstić information content (AvgIpc) is 3.25. The van der Waals surface area contributed by atoms with Gasteiger partial charge in [0.25, 0.3) is 0 Å². The van der Waals surface area contributed by atoms with Crippen LogP contribution < -0.4 is 10.1 Å². The van der Waals surface area contributed by atoms with Crippen molar-refractivity contribution < 1.29 is 9.53 Å². The molecule has 6 nitrogen and oxygen atoms in total. The first kappa shape index (κ1) is 20.9. The molecule has 31 heavy (non-hydrogen) atoms. The Bertz CT molecular complexity index is 1100. The Labute approximate surface area is 183 Å². The molecular formula is C25H28N4O2. The molecule has 0 radical (unpaired) electrons. The predicted molar refractivity (Wildman–Crippen MR) is 124 cm³/mol. The second-order valence-electron chi connectivity index (χ2n) is 7.98. The van der Waals surface area contributed by atoms with Gasteiger partial charge in [0.15, 0.2) is 0 Å². The smallest absolute Gasteiger partial charge is 0.238 e. The van der Waals surface area contributed by atoms with E-state index in [-0.39, 0.29) is 5.91 Å². The SMILES string of the molecule is COc1ccc(C)cc1NC(=O)CN1CC=C(c2cnn(-c3ccc(C)cc3)c2)CC1. The van der Waals surface area contributed by atoms with Gasteiger partial charge in [-0.15, -0.1) is 0 Å². The normalized spacial score (nSPS) is 14.2. The molecule has 2 heterocycles. The zero-order valence-electron chi connectivity index (χ0n) is 18.3. The summed E-state index contributed by atoms with van der Waals surface area (Å²) < 4.78 is 7.26. The number of benzene rings is 2. The zero-order valence-corrected chi connectivity index (χ0v) is 18.3. The van der Waals surface area contributed by atoms with E-state index in [0.717, 1.165) is 36.3 Å². The lowest BCUT2D eigenvalue weighted by molar-refractivity contribution is -0.117. The summed E-state index contributed by atoms with van der Waals surface area (Å²) in [6, 6.07) is 14.1. The van der Waals surface area contributed by atoms with Crippen molar-refractivity contribution in [1.29, 1.82) is 0 Å². The fourth-order valence-electron chi connectivity index (χ4n) is 3.76. The molecule has 1 aliphatic heterocycles. The number of hydrogen-bond acceptors (Lipinski definition) is 4. The highest BCUT2D eigenvalue weighted by Crippen LogP contribution is 2.26. The zero-order chi connectivity index (χ0) is 21.8. The molecule has 160 valence electrons. The summed E-state index contributed by atoms with van der Waals surface area (Å²) in [5.74, 6) is 0.637. The molecule has 1 N–H and O–H groups in total. The summed E-state index contributed by atoms with van der Waals surface area (Å²) in [4.78, 5) is 14.7. The molecular weight excluding hydrogens is 388 g/mol. The number of carbonyl (C=O) groups is 1. The van der Waals surface area contributed by atoms with E-state index in [1.54, 1.807) is 7.11 Å². The van der Waals surface area contributed by atoms with Crippen molar-refractivity contribution in [3.8, 4) is 11.4 Å². The maximum absolute atomic E-state index is 12.6. The number of aromatic nitrogens is 2. The van der Waals surface area contributed by atoms with E-state index >= 15 is 0 Å². The minimum Gasteiger partial charge on any atom is -0.495 e. The van der Waals surface area contributed by atoms with Crippen LogP contribution >= 0.6 is 0 Å². The first-order valence-corrected chi connectivity index (χ1v) is 10.5. The Balaban J connectivity index is 1.36. The third-order valence-corrected chi connectivity index (χ3v) is 5.54. The molecule has 0 atom stereocenters. The topological polar surface area (TPSA) is 59.4 Å². The molecule has 4 rings (SSSR count). The number of carbonyl (C=O) groups excluding carboxylic acids is 1. The lowest BCUT2D eigenvalue weighted by atomic mass is 10.0. The maximum Gasteiger partial charge on any atom is 0.238 e. The number of hydrogen-bond donors (Lipinski definition) is 1. The molecule has 1 aliphatic rings. The second kappa shape index (κ2) is 9.18. The van der Waals surface area contributed by atoms with Gasteiger partial charge in [-0.1, -0.05) is 29.8 Å². The maximum atomic E-state index is 12.6. The molecule has 0 saturated heterocycles. The fourth-order valence-corrected chi connectivity index (χ4v) is 3.76. The monoisotopic (exact) mass is 416 g/mol. The van der Waals surface area contributed by atoms with E-state index in [4.69, 9.17) is 4.74 Å². The summed E-state index contributed by atoms with van der Waals surface area (Å²) in [7, 11) is 1.61. The molecule has 0 aliphatic carbocycles. The van der Waals surface area contributed by atoms with Gasteiger partial charge in [0, 0.05) is 24.8 Å². The minimum atomic E-state index is -0.0343. The van der Waals surface area contributed by atoms with E-state index in [1.807, 2.05) is 36.0 Å². The summed E-state index contributed by atoms with van der Waals surface area (Å²) in [5, 5.41) is 7.49. The first-order chi connectivity index (χ1) is 15.0. The Hall–Kier alpha value is -3.38. The number of amides is 1. The number of nitrogens with zero attached hydrogens (tertiary/aromatic N) is 3. The van der Waals surface area contributed by atoms with Gasteiger partial charge >= 0.3 is 0 Å². The summed E-state index contributed by atoms with van der Waals surface area (Å²) >= 11 is 0. The van der Waals surface area contributed by atoms with Crippen LogP contribution in [-0.2, 0) is 4.79 Å². The van der Waals surface area contributed by atoms with E-state index in [0.29, 0.717) is 18.0 Å². The first-order valence-electron chi connectivity index (χ1n) is 10.5. The average molecular weight is 417 g/mol. The van der Waals surface area contributed by atoms with Crippen LogP contribution in [0.5, 0.6) is 5.75 Å². The third kappa shape index (κ3) is 5.03. The standard InChI is InChI=1S/C25H28N4O2/c1-18-4-7-22(8-5-18)29-16-21(15-26-29)20-10-12-28(13-11-20)17-25(30)27-23-14-19(2)6-9-24(23)31-3/h4-10,14-16H,11-13,17H2,1-3H3,(H,27,30). The minimum absolute atomic E-state index is 0.0343. The highest BCUT2D eigenvalue weighted by molar-refractivity contribution is 5.93. The number of methoxy groups -OCH3 is 1. The van der Waals surface area contributed by atoms with Gasteiger partial charge in [0.2, 0.25) is 5.91 Å². The molecule has 0 unspecified atom stereocenters. The van der Waals surface area contributed by atoms with Crippen LogP contribution in [0.3, 0.4) is 0 Å². The number of ether oxygens (including phenoxy) is 1. The van der Waals surface area contributed by atoms with E-state index in [2.05, 4.69) is 58.8 Å². The van der Waals surface area contributed by atoms with Crippen molar-refractivity contribution >= 4 is 17.2 Å². The molecule has 6 heteroatoms. The number of aryl methyl sites for hydroxylation is 2. The number of anilines is 1. The molecule has 0 spiro atoms. The van der Waals surface area contributed by atoms with Gasteiger partial charge in [0.05, 0.1) is 31.2 Å². The van der Waals surface area contributed by atoms with Crippen molar-refractivity contribution in [2.45, 2.75) is 20.3 Å². The Morgan fingerprint density at radius 1 is 1.13 bits per heavy atom. The van der Waals surface area contributed by atoms with Crippen LogP contribution in [0.4, 0.5) is 5.69 Å². The van der Waals surface area contributed by atoms with Crippen molar-refractivity contribution in [3.63, 3.8) is 0 Å². The van der Waals surface area contributed by atoms with Crippen molar-refractivity contribution in [1.82, 2.24) is 14.7 Å². The Morgan fingerprint density at radius 3 is 2.61 bits per heavy atom. The molecule has 1 amide bonds. The summed E-state index contributed by atoms with van der Waals surface area (Å²) in [6.45, 7) is 5.99. The van der Waals surface area contributed by atoms with E-state index in [9.17, 15) is 4.79 Å². The molecule has 0 fully saturated rings. The van der Waals surface area contributed by atoms with Crippen molar-refractivity contribution in [2.75, 3.05) is 32.1 Å². The quantitative estimate of drug-likeness (QED) is 0.653.